The van der Waals surface area contributed by atoms with E-state index >= 15 is 0 Å². The first-order chi connectivity index (χ1) is 17.7. The Morgan fingerprint density at radius 1 is 1.26 bits per heavy atom. The first-order valence-corrected chi connectivity index (χ1v) is 8.79. The van der Waals surface area contributed by atoms with E-state index in [4.69, 9.17) is 14.3 Å². The zero-order valence-corrected chi connectivity index (χ0v) is 16.0. The van der Waals surface area contributed by atoms with Crippen LogP contribution in [-0.4, -0.2) is 36.1 Å². The Bertz CT molecular complexity index is 1320. The van der Waals surface area contributed by atoms with Crippen LogP contribution in [0.2, 0.25) is 0 Å². The van der Waals surface area contributed by atoms with Crippen LogP contribution in [0.5, 0.6) is 5.75 Å². The van der Waals surface area contributed by atoms with Gasteiger partial charge in [0.05, 0.1) is 22.4 Å². The van der Waals surface area contributed by atoms with Crippen molar-refractivity contribution in [2.75, 3.05) is 36.2 Å². The number of anilines is 5. The number of nitrogens with zero attached hydrogens (tertiary/aromatic N) is 2. The van der Waals surface area contributed by atoms with Gasteiger partial charge in [-0.15, -0.1) is 0 Å². The van der Waals surface area contributed by atoms with E-state index in [1.54, 1.807) is 0 Å². The van der Waals surface area contributed by atoms with Gasteiger partial charge in [0.1, 0.15) is 12.4 Å². The van der Waals surface area contributed by atoms with Crippen molar-refractivity contribution >= 4 is 34.7 Å². The predicted molar refractivity (Wildman–Crippen MR) is 118 cm³/mol. The Labute approximate surface area is 189 Å². The summed E-state index contributed by atoms with van der Waals surface area (Å²) in [6.45, 7) is 0.135. The van der Waals surface area contributed by atoms with Gasteiger partial charge in [-0.2, -0.15) is 4.98 Å². The van der Waals surface area contributed by atoms with Gasteiger partial charge in [0.2, 0.25) is 11.9 Å². The lowest BCUT2D eigenvalue weighted by atomic mass is 10.2. The van der Waals surface area contributed by atoms with Crippen LogP contribution in [0.4, 0.5) is 33.2 Å². The molecule has 0 bridgehead atoms. The molecule has 0 aliphatic heterocycles. The second-order valence-corrected chi connectivity index (χ2v) is 5.80. The molecule has 1 heterocycles. The lowest BCUT2D eigenvalue weighted by Crippen LogP contribution is -2.07. The zero-order chi connectivity index (χ0) is 28.1. The Morgan fingerprint density at radius 2 is 2.06 bits per heavy atom. The Hall–Kier alpha value is -3.98. The fraction of sp³-hybridized carbons (Fsp3) is 0.136. The topological polar surface area (TPSA) is 97.4 Å². The van der Waals surface area contributed by atoms with Crippen LogP contribution in [0, 0.1) is 5.82 Å². The molecule has 8 nitrogen and oxygen atoms in total. The molecule has 3 N–H and O–H groups in total. The minimum absolute atomic E-state index is 0.0151. The molecule has 3 rings (SSSR count). The third-order valence-electron chi connectivity index (χ3n) is 3.65. The first kappa shape index (κ1) is 14.1. The normalized spacial score (nSPS) is 14.4. The van der Waals surface area contributed by atoms with Crippen molar-refractivity contribution in [1.82, 2.24) is 9.97 Å². The fourth-order valence-electron chi connectivity index (χ4n) is 2.29. The van der Waals surface area contributed by atoms with Crippen LogP contribution in [-0.2, 0) is 9.53 Å². The molecule has 2 aromatic carbocycles. The van der Waals surface area contributed by atoms with E-state index in [1.807, 2.05) is 0 Å². The molecule has 0 saturated heterocycles. The van der Waals surface area contributed by atoms with Gasteiger partial charge < -0.3 is 25.4 Å². The minimum atomic E-state index is -2.92. The second-order valence-electron chi connectivity index (χ2n) is 5.80. The molecule has 0 unspecified atom stereocenters. The summed E-state index contributed by atoms with van der Waals surface area (Å²) in [4.78, 5) is 19.5. The largest absolute Gasteiger partial charge is 0.491 e. The maximum atomic E-state index is 14.4. The van der Waals surface area contributed by atoms with E-state index in [1.165, 1.54) is 36.4 Å². The molecule has 31 heavy (non-hydrogen) atoms. The summed E-state index contributed by atoms with van der Waals surface area (Å²) in [5, 5.41) is 7.90. The highest BCUT2D eigenvalue weighted by atomic mass is 19.1. The number of ether oxygens (including phenoxy) is 2. The van der Waals surface area contributed by atoms with E-state index in [-0.39, 0.29) is 41.0 Å². The lowest BCUT2D eigenvalue weighted by molar-refractivity contribution is -0.111. The molecular weight excluding hydrogens is 401 g/mol. The molecule has 1 aromatic heterocycles. The van der Waals surface area contributed by atoms with Crippen LogP contribution in [0.25, 0.3) is 0 Å². The number of rotatable bonds is 10. The van der Waals surface area contributed by atoms with Crippen LogP contribution < -0.4 is 20.7 Å². The number of halogens is 1. The number of methoxy groups -OCH3 is 1. The second kappa shape index (κ2) is 10.7. The van der Waals surface area contributed by atoms with Crippen molar-refractivity contribution in [3.05, 3.63) is 73.2 Å². The van der Waals surface area contributed by atoms with E-state index in [0.29, 0.717) is 5.69 Å². The van der Waals surface area contributed by atoms with E-state index in [9.17, 15) is 9.18 Å². The third kappa shape index (κ3) is 6.51. The van der Waals surface area contributed by atoms with E-state index < -0.39 is 31.9 Å². The summed E-state index contributed by atoms with van der Waals surface area (Å²) in [6.07, 6.45) is 1.91. The molecule has 0 spiro atoms. The minimum Gasteiger partial charge on any atom is -0.491 e. The van der Waals surface area contributed by atoms with Crippen molar-refractivity contribution < 1.29 is 28.3 Å². The first-order valence-electron chi connectivity index (χ1n) is 12.3. The molecule has 0 fully saturated rings. The molecule has 0 saturated carbocycles. The molecule has 0 aliphatic rings. The average Bonchev–Trinajstić information content (AvgIpc) is 2.82. The SMILES string of the molecule is [2H]c1cc(NC(=O)C=C)c([2H])c(Nc2nc(Nc3ccc(OCC([2H])([2H])OC([2H])([2H])[2H])cc3)ncc2F)c1. The number of aromatic nitrogens is 2. The van der Waals surface area contributed by atoms with Crippen molar-refractivity contribution in [2.24, 2.45) is 0 Å². The number of carbonyl (C=O) groups is 1. The van der Waals surface area contributed by atoms with Gasteiger partial charge in [-0.05, 0) is 48.5 Å². The smallest absolute Gasteiger partial charge is 0.247 e. The Kier molecular flexibility index (Phi) is 4.87. The van der Waals surface area contributed by atoms with Crippen molar-refractivity contribution in [2.45, 2.75) is 0 Å². The molecule has 160 valence electrons. The number of hydrogen-bond acceptors (Lipinski definition) is 7. The quantitative estimate of drug-likeness (QED) is 0.414. The molecule has 9 heteroatoms. The molecule has 0 atom stereocenters. The van der Waals surface area contributed by atoms with Crippen LogP contribution in [0.15, 0.2) is 67.3 Å². The summed E-state index contributed by atoms with van der Waals surface area (Å²) < 4.78 is 76.3. The van der Waals surface area contributed by atoms with Gasteiger partial charge in [-0.25, -0.2) is 9.37 Å². The van der Waals surface area contributed by atoms with Crippen LogP contribution in [0.1, 0.15) is 9.60 Å². The van der Waals surface area contributed by atoms with Crippen molar-refractivity contribution in [1.29, 1.82) is 0 Å². The zero-order valence-electron chi connectivity index (χ0n) is 23.0. The summed E-state index contributed by atoms with van der Waals surface area (Å²) >= 11 is 0. The summed E-state index contributed by atoms with van der Waals surface area (Å²) in [7, 11) is -2.92. The van der Waals surface area contributed by atoms with Gasteiger partial charge in [0.25, 0.3) is 0 Å². The number of hydrogen-bond donors (Lipinski definition) is 3. The third-order valence-corrected chi connectivity index (χ3v) is 3.65. The van der Waals surface area contributed by atoms with Gasteiger partial charge >= 0.3 is 0 Å². The predicted octanol–water partition coefficient (Wildman–Crippen LogP) is 4.25. The highest BCUT2D eigenvalue weighted by Crippen LogP contribution is 2.23. The van der Waals surface area contributed by atoms with Crippen molar-refractivity contribution in [3.8, 4) is 5.75 Å². The molecule has 1 amide bonds. The van der Waals surface area contributed by atoms with Gasteiger partial charge in [0, 0.05) is 24.1 Å². The molecule has 0 radical (unpaired) electrons. The van der Waals surface area contributed by atoms with Crippen LogP contribution in [0.3, 0.4) is 0 Å². The van der Waals surface area contributed by atoms with Gasteiger partial charge in [-0.1, -0.05) is 12.6 Å². The lowest BCUT2D eigenvalue weighted by Gasteiger charge is -2.11. The molecule has 0 aliphatic carbocycles. The molecule has 3 aromatic rings. The highest BCUT2D eigenvalue weighted by molar-refractivity contribution is 5.99. The van der Waals surface area contributed by atoms with E-state index in [2.05, 4.69) is 37.2 Å². The number of carbonyl (C=O) groups excluding carboxylic acids is 1. The van der Waals surface area contributed by atoms with E-state index in [0.717, 1.165) is 12.3 Å². The average molecular weight is 430 g/mol. The number of nitrogens with one attached hydrogen (secondary N) is 3. The highest BCUT2D eigenvalue weighted by Gasteiger charge is 2.09. The monoisotopic (exact) mass is 430 g/mol. The number of amides is 1. The maximum absolute atomic E-state index is 14.4. The Morgan fingerprint density at radius 3 is 2.84 bits per heavy atom. The standard InChI is InChI=1S/C22H22FN5O3/c1-3-20(29)25-16-5-4-6-17(13-16)26-21-19(23)14-24-22(28-21)27-15-7-9-18(10-8-15)31-12-11-30-2/h3-10,13-14H,1,11-12H2,2H3,(H,25,29)(H2,24,26,27,28)/i2D3,4D,11D2,13D. The number of benzene rings is 2. The van der Waals surface area contributed by atoms with Gasteiger partial charge in [0.15, 0.2) is 11.6 Å². The summed E-state index contributed by atoms with van der Waals surface area (Å²) in [6, 6.07) is 8.31. The summed E-state index contributed by atoms with van der Waals surface area (Å²) in [5.41, 5.74) is 0.503. The molecular formula is C22H22FN5O3. The fourth-order valence-corrected chi connectivity index (χ4v) is 2.29. The van der Waals surface area contributed by atoms with Crippen LogP contribution >= 0.6 is 0 Å². The summed E-state index contributed by atoms with van der Waals surface area (Å²) in [5.74, 6) is -1.49. The van der Waals surface area contributed by atoms with Crippen molar-refractivity contribution in [3.63, 3.8) is 0 Å². The maximum Gasteiger partial charge on any atom is 0.247 e. The Balaban J connectivity index is 1.71. The van der Waals surface area contributed by atoms with Gasteiger partial charge in [-0.3, -0.25) is 4.79 Å².